The summed E-state index contributed by atoms with van der Waals surface area (Å²) in [4.78, 5) is 26.6. The quantitative estimate of drug-likeness (QED) is 0.780. The van der Waals surface area contributed by atoms with E-state index in [9.17, 15) is 9.59 Å². The third-order valence-corrected chi connectivity index (χ3v) is 3.83. The molecule has 1 aromatic rings. The summed E-state index contributed by atoms with van der Waals surface area (Å²) >= 11 is 1.36. The van der Waals surface area contributed by atoms with Crippen molar-refractivity contribution in [3.63, 3.8) is 0 Å². The normalized spacial score (nSPS) is 22.7. The van der Waals surface area contributed by atoms with E-state index in [1.807, 2.05) is 12.3 Å². The molecule has 0 spiro atoms. The number of carbonyl (C=O) groups is 2. The molecule has 3 N–H and O–H groups in total. The fourth-order valence-electron chi connectivity index (χ4n) is 2.07. The highest BCUT2D eigenvalue weighted by atomic mass is 32.1. The Labute approximate surface area is 108 Å². The molecule has 98 valence electrons. The SMILES string of the molecule is Cc1csc(NC(=O)N[C@H]2CC[C@@H](C(=O)O)C2)n1. The van der Waals surface area contributed by atoms with Gasteiger partial charge in [0, 0.05) is 11.4 Å². The minimum atomic E-state index is -0.782. The summed E-state index contributed by atoms with van der Waals surface area (Å²) in [5.74, 6) is -1.12. The number of aliphatic carboxylic acids is 1. The molecule has 0 aliphatic heterocycles. The van der Waals surface area contributed by atoms with Gasteiger partial charge in [0.2, 0.25) is 0 Å². The van der Waals surface area contributed by atoms with Crippen LogP contribution in [0.15, 0.2) is 5.38 Å². The number of nitrogens with zero attached hydrogens (tertiary/aromatic N) is 1. The molecule has 6 nitrogen and oxygen atoms in total. The molecule has 1 saturated carbocycles. The third kappa shape index (κ3) is 3.19. The first-order valence-electron chi connectivity index (χ1n) is 5.77. The standard InChI is InChI=1S/C11H15N3O3S/c1-6-5-18-11(12-6)14-10(17)13-8-3-2-7(4-8)9(15)16/h5,7-8H,2-4H2,1H3,(H,15,16)(H2,12,13,14,17)/t7-,8+/m1/s1. The van der Waals surface area contributed by atoms with Crippen molar-refractivity contribution in [3.05, 3.63) is 11.1 Å². The van der Waals surface area contributed by atoms with Gasteiger partial charge in [-0.3, -0.25) is 10.1 Å². The molecule has 1 aliphatic rings. The van der Waals surface area contributed by atoms with E-state index in [4.69, 9.17) is 5.11 Å². The van der Waals surface area contributed by atoms with Gasteiger partial charge in [0.05, 0.1) is 11.6 Å². The van der Waals surface area contributed by atoms with Crippen LogP contribution in [0.25, 0.3) is 0 Å². The van der Waals surface area contributed by atoms with Gasteiger partial charge in [-0.25, -0.2) is 9.78 Å². The van der Waals surface area contributed by atoms with Crippen LogP contribution in [0, 0.1) is 12.8 Å². The summed E-state index contributed by atoms with van der Waals surface area (Å²) in [5.41, 5.74) is 0.863. The number of aryl methyl sites for hydroxylation is 1. The number of thiazole rings is 1. The van der Waals surface area contributed by atoms with Gasteiger partial charge >= 0.3 is 12.0 Å². The zero-order valence-electron chi connectivity index (χ0n) is 9.97. The molecular weight excluding hydrogens is 254 g/mol. The lowest BCUT2D eigenvalue weighted by atomic mass is 10.1. The zero-order chi connectivity index (χ0) is 13.1. The number of anilines is 1. The van der Waals surface area contributed by atoms with E-state index in [0.717, 1.165) is 5.69 Å². The minimum absolute atomic E-state index is 0.0628. The van der Waals surface area contributed by atoms with E-state index < -0.39 is 5.97 Å². The number of hydrogen-bond donors (Lipinski definition) is 3. The molecule has 1 aliphatic carbocycles. The van der Waals surface area contributed by atoms with Crippen LogP contribution in [0.1, 0.15) is 25.0 Å². The van der Waals surface area contributed by atoms with Crippen LogP contribution < -0.4 is 10.6 Å². The van der Waals surface area contributed by atoms with Gasteiger partial charge in [-0.1, -0.05) is 0 Å². The van der Waals surface area contributed by atoms with E-state index in [1.54, 1.807) is 0 Å². The number of hydrogen-bond acceptors (Lipinski definition) is 4. The lowest BCUT2D eigenvalue weighted by Crippen LogP contribution is -2.36. The predicted octanol–water partition coefficient (Wildman–Crippen LogP) is 1.83. The van der Waals surface area contributed by atoms with E-state index in [-0.39, 0.29) is 18.0 Å². The average molecular weight is 269 g/mol. The number of nitrogens with one attached hydrogen (secondary N) is 2. The summed E-state index contributed by atoms with van der Waals surface area (Å²) in [6.07, 6.45) is 1.83. The lowest BCUT2D eigenvalue weighted by Gasteiger charge is -2.12. The molecule has 7 heteroatoms. The number of carboxylic acid groups (broad SMARTS) is 1. The van der Waals surface area contributed by atoms with Gasteiger partial charge in [0.1, 0.15) is 0 Å². The van der Waals surface area contributed by atoms with E-state index >= 15 is 0 Å². The Morgan fingerprint density at radius 3 is 2.83 bits per heavy atom. The molecule has 0 saturated heterocycles. The van der Waals surface area contributed by atoms with Crippen molar-refractivity contribution in [1.82, 2.24) is 10.3 Å². The maximum atomic E-state index is 11.7. The molecule has 2 rings (SSSR count). The largest absolute Gasteiger partial charge is 0.481 e. The third-order valence-electron chi connectivity index (χ3n) is 2.96. The Balaban J connectivity index is 1.80. The summed E-state index contributed by atoms with van der Waals surface area (Å²) in [5, 5.41) is 16.7. The topological polar surface area (TPSA) is 91.3 Å². The van der Waals surface area contributed by atoms with Gasteiger partial charge in [0.25, 0.3) is 0 Å². The molecule has 0 radical (unpaired) electrons. The van der Waals surface area contributed by atoms with Gasteiger partial charge in [-0.2, -0.15) is 0 Å². The number of carbonyl (C=O) groups excluding carboxylic acids is 1. The Bertz CT molecular complexity index is 460. The fourth-order valence-corrected chi connectivity index (χ4v) is 2.75. The van der Waals surface area contributed by atoms with E-state index in [2.05, 4.69) is 15.6 Å². The maximum absolute atomic E-state index is 11.7. The Morgan fingerprint density at radius 1 is 1.50 bits per heavy atom. The molecule has 18 heavy (non-hydrogen) atoms. The zero-order valence-corrected chi connectivity index (χ0v) is 10.8. The average Bonchev–Trinajstić information content (AvgIpc) is 2.88. The molecule has 2 amide bonds. The molecule has 1 heterocycles. The maximum Gasteiger partial charge on any atom is 0.321 e. The lowest BCUT2D eigenvalue weighted by molar-refractivity contribution is -0.141. The van der Waals surface area contributed by atoms with Gasteiger partial charge in [-0.15, -0.1) is 11.3 Å². The van der Waals surface area contributed by atoms with Gasteiger partial charge in [0.15, 0.2) is 5.13 Å². The number of carboxylic acids is 1. The molecule has 0 aromatic carbocycles. The molecule has 0 unspecified atom stereocenters. The monoisotopic (exact) mass is 269 g/mol. The van der Waals surface area contributed by atoms with Crippen molar-refractivity contribution in [1.29, 1.82) is 0 Å². The van der Waals surface area contributed by atoms with Crippen molar-refractivity contribution in [2.24, 2.45) is 5.92 Å². The van der Waals surface area contributed by atoms with Crippen LogP contribution in [-0.2, 0) is 4.79 Å². The second-order valence-electron chi connectivity index (χ2n) is 4.44. The van der Waals surface area contributed by atoms with Crippen LogP contribution in [-0.4, -0.2) is 28.1 Å². The van der Waals surface area contributed by atoms with Crippen LogP contribution in [0.2, 0.25) is 0 Å². The van der Waals surface area contributed by atoms with Crippen molar-refractivity contribution < 1.29 is 14.7 Å². The summed E-state index contributed by atoms with van der Waals surface area (Å²) in [6, 6.07) is -0.382. The molecule has 2 atom stereocenters. The van der Waals surface area contributed by atoms with Gasteiger partial charge < -0.3 is 10.4 Å². The molecule has 0 bridgehead atoms. The number of aromatic nitrogens is 1. The van der Waals surface area contributed by atoms with Crippen LogP contribution in [0.4, 0.5) is 9.93 Å². The highest BCUT2D eigenvalue weighted by Gasteiger charge is 2.30. The fraction of sp³-hybridized carbons (Fsp3) is 0.545. The van der Waals surface area contributed by atoms with Gasteiger partial charge in [-0.05, 0) is 26.2 Å². The summed E-state index contributed by atoms with van der Waals surface area (Å²) in [7, 11) is 0. The first-order chi connectivity index (χ1) is 8.54. The number of urea groups is 1. The number of rotatable bonds is 3. The van der Waals surface area contributed by atoms with Crippen LogP contribution in [0.3, 0.4) is 0 Å². The Morgan fingerprint density at radius 2 is 2.28 bits per heavy atom. The summed E-state index contributed by atoms with van der Waals surface area (Å²) < 4.78 is 0. The second-order valence-corrected chi connectivity index (χ2v) is 5.30. The molecule has 1 fully saturated rings. The molecular formula is C11H15N3O3S. The minimum Gasteiger partial charge on any atom is -0.481 e. The van der Waals surface area contributed by atoms with Crippen molar-refractivity contribution in [2.75, 3.05) is 5.32 Å². The van der Waals surface area contributed by atoms with E-state index in [1.165, 1.54) is 11.3 Å². The van der Waals surface area contributed by atoms with Crippen molar-refractivity contribution >= 4 is 28.5 Å². The summed E-state index contributed by atoms with van der Waals surface area (Å²) in [6.45, 7) is 1.86. The second kappa shape index (κ2) is 5.34. The van der Waals surface area contributed by atoms with Crippen LogP contribution >= 0.6 is 11.3 Å². The van der Waals surface area contributed by atoms with Crippen molar-refractivity contribution in [3.8, 4) is 0 Å². The van der Waals surface area contributed by atoms with Crippen molar-refractivity contribution in [2.45, 2.75) is 32.2 Å². The Hall–Kier alpha value is -1.63. The highest BCUT2D eigenvalue weighted by Crippen LogP contribution is 2.25. The molecule has 1 aromatic heterocycles. The number of amides is 2. The van der Waals surface area contributed by atoms with Crippen LogP contribution in [0.5, 0.6) is 0 Å². The first kappa shape index (κ1) is 12.8. The first-order valence-corrected chi connectivity index (χ1v) is 6.65. The smallest absolute Gasteiger partial charge is 0.321 e. The van der Waals surface area contributed by atoms with E-state index in [0.29, 0.717) is 24.4 Å². The predicted molar refractivity (Wildman–Crippen MR) is 67.8 cm³/mol. The Kier molecular flexibility index (Phi) is 3.81. The highest BCUT2D eigenvalue weighted by molar-refractivity contribution is 7.13.